The summed E-state index contributed by atoms with van der Waals surface area (Å²) in [5.41, 5.74) is 1.79. The van der Waals surface area contributed by atoms with Crippen LogP contribution in [0, 0.1) is 24.0 Å². The lowest BCUT2D eigenvalue weighted by Crippen LogP contribution is -2.20. The van der Waals surface area contributed by atoms with E-state index in [-0.39, 0.29) is 23.8 Å². The number of halogens is 1. The third-order valence-corrected chi connectivity index (χ3v) is 4.50. The summed E-state index contributed by atoms with van der Waals surface area (Å²) >= 11 is 3.45. The molecule has 0 bridgehead atoms. The topological polar surface area (TPSA) is 103 Å². The second-order valence-electron chi connectivity index (χ2n) is 5.48. The fourth-order valence-electron chi connectivity index (χ4n) is 2.67. The number of nitrogens with zero attached hydrogens (tertiary/aromatic N) is 4. The summed E-state index contributed by atoms with van der Waals surface area (Å²) in [6.07, 6.45) is 1.65. The first-order valence-corrected chi connectivity index (χ1v) is 8.19. The van der Waals surface area contributed by atoms with E-state index in [9.17, 15) is 14.9 Å². The molecule has 25 heavy (non-hydrogen) atoms. The molecule has 0 saturated heterocycles. The van der Waals surface area contributed by atoms with Crippen LogP contribution >= 0.6 is 15.9 Å². The molecule has 0 spiro atoms. The number of fused-ring (bicyclic) bond motifs is 1. The average molecular weight is 404 g/mol. The van der Waals surface area contributed by atoms with Gasteiger partial charge in [0, 0.05) is 16.1 Å². The number of hydrogen-bond acceptors (Lipinski definition) is 5. The number of rotatable bonds is 4. The Morgan fingerprint density at radius 2 is 2.12 bits per heavy atom. The van der Waals surface area contributed by atoms with Gasteiger partial charge in [0.25, 0.3) is 0 Å². The van der Waals surface area contributed by atoms with Crippen molar-refractivity contribution in [3.05, 3.63) is 56.4 Å². The Hall–Kier alpha value is -2.81. The van der Waals surface area contributed by atoms with Crippen LogP contribution in [0.25, 0.3) is 10.9 Å². The minimum Gasteiger partial charge on any atom is -0.323 e. The summed E-state index contributed by atoms with van der Waals surface area (Å²) in [7, 11) is 0. The summed E-state index contributed by atoms with van der Waals surface area (Å²) < 4.78 is 2.21. The molecule has 0 aliphatic rings. The van der Waals surface area contributed by atoms with Crippen LogP contribution in [-0.4, -0.2) is 25.6 Å². The normalized spacial score (nSPS) is 10.8. The summed E-state index contributed by atoms with van der Waals surface area (Å²) in [5, 5.41) is 18.8. The summed E-state index contributed by atoms with van der Waals surface area (Å²) in [6.45, 7) is 3.00. The maximum Gasteiger partial charge on any atom is 0.312 e. The molecule has 2 aromatic heterocycles. The molecule has 128 valence electrons. The van der Waals surface area contributed by atoms with Gasteiger partial charge in [-0.1, -0.05) is 22.0 Å². The van der Waals surface area contributed by atoms with Gasteiger partial charge in [-0.05, 0) is 32.0 Å². The smallest absolute Gasteiger partial charge is 0.312 e. The molecule has 0 unspecified atom stereocenters. The van der Waals surface area contributed by atoms with E-state index < -0.39 is 4.92 Å². The number of aryl methyl sites for hydroxylation is 1. The van der Waals surface area contributed by atoms with E-state index in [1.165, 1.54) is 4.68 Å². The molecule has 0 atom stereocenters. The number of nitrogens with one attached hydrogen (secondary N) is 1. The van der Waals surface area contributed by atoms with E-state index in [2.05, 4.69) is 31.3 Å². The average Bonchev–Trinajstić information content (AvgIpc) is 2.84. The van der Waals surface area contributed by atoms with Gasteiger partial charge in [-0.15, -0.1) is 0 Å². The van der Waals surface area contributed by atoms with E-state index in [4.69, 9.17) is 0 Å². The zero-order chi connectivity index (χ0) is 18.1. The van der Waals surface area contributed by atoms with Crippen molar-refractivity contribution in [2.45, 2.75) is 20.4 Å². The van der Waals surface area contributed by atoms with Crippen molar-refractivity contribution in [1.29, 1.82) is 0 Å². The fraction of sp³-hybridized carbons (Fsp3) is 0.188. The number of benzene rings is 1. The van der Waals surface area contributed by atoms with Gasteiger partial charge < -0.3 is 5.32 Å². The van der Waals surface area contributed by atoms with Crippen LogP contribution in [-0.2, 0) is 11.3 Å². The number of amides is 1. The van der Waals surface area contributed by atoms with Gasteiger partial charge in [-0.2, -0.15) is 5.10 Å². The monoisotopic (exact) mass is 403 g/mol. The Labute approximate surface area is 151 Å². The standard InChI is InChI=1S/C16H14BrN5O3/c1-9-16(22(24)25)10(2)21(20-9)8-14(23)19-13-6-5-12(17)11-4-3-7-18-15(11)13/h3-7H,8H2,1-2H3,(H,19,23). The molecule has 0 aliphatic carbocycles. The van der Waals surface area contributed by atoms with Crippen LogP contribution in [0.4, 0.5) is 11.4 Å². The van der Waals surface area contributed by atoms with Gasteiger partial charge in [0.15, 0.2) is 0 Å². The molecule has 8 nitrogen and oxygen atoms in total. The summed E-state index contributed by atoms with van der Waals surface area (Å²) in [4.78, 5) is 27.2. The van der Waals surface area contributed by atoms with Crippen LogP contribution in [0.5, 0.6) is 0 Å². The predicted molar refractivity (Wildman–Crippen MR) is 96.4 cm³/mol. The first-order valence-electron chi connectivity index (χ1n) is 7.40. The Balaban J connectivity index is 1.86. The van der Waals surface area contributed by atoms with E-state index in [0.717, 1.165) is 9.86 Å². The maximum absolute atomic E-state index is 12.4. The summed E-state index contributed by atoms with van der Waals surface area (Å²) in [5.74, 6) is -0.338. The van der Waals surface area contributed by atoms with Crippen molar-refractivity contribution in [3.8, 4) is 0 Å². The number of carbonyl (C=O) groups excluding carboxylic acids is 1. The van der Waals surface area contributed by atoms with Crippen LogP contribution in [0.1, 0.15) is 11.4 Å². The van der Waals surface area contributed by atoms with Crippen molar-refractivity contribution >= 4 is 44.1 Å². The van der Waals surface area contributed by atoms with Gasteiger partial charge in [-0.25, -0.2) is 0 Å². The Morgan fingerprint density at radius 3 is 2.80 bits per heavy atom. The Kier molecular flexibility index (Phi) is 4.49. The number of hydrogen-bond donors (Lipinski definition) is 1. The molecule has 0 saturated carbocycles. The number of aromatic nitrogens is 3. The fourth-order valence-corrected chi connectivity index (χ4v) is 3.12. The molecule has 1 aromatic carbocycles. The Bertz CT molecular complexity index is 999. The van der Waals surface area contributed by atoms with Gasteiger partial charge in [-0.3, -0.25) is 24.6 Å². The molecule has 0 radical (unpaired) electrons. The molecular formula is C16H14BrN5O3. The van der Waals surface area contributed by atoms with Crippen molar-refractivity contribution in [2.24, 2.45) is 0 Å². The SMILES string of the molecule is Cc1nn(CC(=O)Nc2ccc(Br)c3cccnc23)c(C)c1[N+](=O)[O-]. The lowest BCUT2D eigenvalue weighted by atomic mass is 10.2. The highest BCUT2D eigenvalue weighted by molar-refractivity contribution is 9.10. The largest absolute Gasteiger partial charge is 0.323 e. The van der Waals surface area contributed by atoms with Crippen LogP contribution in [0.2, 0.25) is 0 Å². The Morgan fingerprint density at radius 1 is 1.36 bits per heavy atom. The molecule has 2 heterocycles. The van der Waals surface area contributed by atoms with Crippen molar-refractivity contribution < 1.29 is 9.72 Å². The molecule has 9 heteroatoms. The van der Waals surface area contributed by atoms with E-state index in [0.29, 0.717) is 16.9 Å². The highest BCUT2D eigenvalue weighted by Gasteiger charge is 2.22. The molecular weight excluding hydrogens is 390 g/mol. The molecule has 0 fully saturated rings. The lowest BCUT2D eigenvalue weighted by molar-refractivity contribution is -0.386. The van der Waals surface area contributed by atoms with Gasteiger partial charge >= 0.3 is 5.69 Å². The zero-order valence-electron chi connectivity index (χ0n) is 13.5. The third kappa shape index (κ3) is 3.22. The van der Waals surface area contributed by atoms with Crippen molar-refractivity contribution in [1.82, 2.24) is 14.8 Å². The second kappa shape index (κ2) is 6.60. The van der Waals surface area contributed by atoms with E-state index >= 15 is 0 Å². The predicted octanol–water partition coefficient (Wildman–Crippen LogP) is 3.36. The molecule has 3 rings (SSSR count). The first-order chi connectivity index (χ1) is 11.9. The van der Waals surface area contributed by atoms with Crippen LogP contribution in [0.3, 0.4) is 0 Å². The van der Waals surface area contributed by atoms with Gasteiger partial charge in [0.2, 0.25) is 5.91 Å². The summed E-state index contributed by atoms with van der Waals surface area (Å²) in [6, 6.07) is 7.29. The van der Waals surface area contributed by atoms with Crippen molar-refractivity contribution in [3.63, 3.8) is 0 Å². The molecule has 0 aliphatic heterocycles. The second-order valence-corrected chi connectivity index (χ2v) is 6.33. The quantitative estimate of drug-likeness (QED) is 0.531. The highest BCUT2D eigenvalue weighted by atomic mass is 79.9. The third-order valence-electron chi connectivity index (χ3n) is 3.81. The number of anilines is 1. The number of carbonyl (C=O) groups is 1. The van der Waals surface area contributed by atoms with Crippen LogP contribution in [0.15, 0.2) is 34.9 Å². The number of nitro groups is 1. The minimum absolute atomic E-state index is 0.0661. The molecule has 1 amide bonds. The first kappa shape index (κ1) is 17.0. The van der Waals surface area contributed by atoms with E-state index in [1.54, 1.807) is 26.1 Å². The minimum atomic E-state index is -0.488. The highest BCUT2D eigenvalue weighted by Crippen LogP contribution is 2.28. The zero-order valence-corrected chi connectivity index (χ0v) is 15.1. The van der Waals surface area contributed by atoms with Crippen LogP contribution < -0.4 is 5.32 Å². The number of pyridine rings is 1. The van der Waals surface area contributed by atoms with Gasteiger partial charge in [0.1, 0.15) is 17.9 Å². The van der Waals surface area contributed by atoms with Gasteiger partial charge in [0.05, 0.1) is 16.1 Å². The van der Waals surface area contributed by atoms with E-state index in [1.807, 2.05) is 18.2 Å². The van der Waals surface area contributed by atoms with Crippen molar-refractivity contribution in [2.75, 3.05) is 5.32 Å². The molecule has 1 N–H and O–H groups in total. The lowest BCUT2D eigenvalue weighted by Gasteiger charge is -2.09. The molecule has 3 aromatic rings. The maximum atomic E-state index is 12.4.